The van der Waals surface area contributed by atoms with E-state index in [1.165, 1.54) is 0 Å². The van der Waals surface area contributed by atoms with Crippen LogP contribution >= 0.6 is 0 Å². The largest absolute Gasteiger partial charge is 0.398 e. The lowest BCUT2D eigenvalue weighted by molar-refractivity contribution is 0.597. The highest BCUT2D eigenvalue weighted by molar-refractivity contribution is 5.49. The number of pyridine rings is 1. The molecule has 1 heterocycles. The van der Waals surface area contributed by atoms with E-state index in [4.69, 9.17) is 5.73 Å². The number of aromatic nitrogens is 1. The van der Waals surface area contributed by atoms with Crippen LogP contribution in [-0.2, 0) is 0 Å². The molecule has 4 heteroatoms. The number of nitrogen functional groups attached to an aromatic ring is 1. The standard InChI is InChI=1S/C15H18FN3/c1-3-19-15(12-9-18-7-6-14(12)17)11-5-4-10(2)13(16)8-11/h4-9,15,19H,3H2,1-2H3,(H2,17,18). The van der Waals surface area contributed by atoms with E-state index in [9.17, 15) is 4.39 Å². The molecule has 0 fully saturated rings. The first-order valence-corrected chi connectivity index (χ1v) is 6.32. The van der Waals surface area contributed by atoms with E-state index in [0.717, 1.165) is 17.7 Å². The van der Waals surface area contributed by atoms with Gasteiger partial charge in [0.25, 0.3) is 0 Å². The second-order valence-corrected chi connectivity index (χ2v) is 4.50. The summed E-state index contributed by atoms with van der Waals surface area (Å²) < 4.78 is 13.7. The number of hydrogen-bond acceptors (Lipinski definition) is 3. The lowest BCUT2D eigenvalue weighted by atomic mass is 9.97. The highest BCUT2D eigenvalue weighted by Crippen LogP contribution is 2.26. The quantitative estimate of drug-likeness (QED) is 0.887. The van der Waals surface area contributed by atoms with E-state index in [1.54, 1.807) is 37.5 Å². The predicted octanol–water partition coefficient (Wildman–Crippen LogP) is 2.81. The Morgan fingerprint density at radius 2 is 2.16 bits per heavy atom. The molecule has 1 atom stereocenters. The monoisotopic (exact) mass is 259 g/mol. The summed E-state index contributed by atoms with van der Waals surface area (Å²) in [7, 11) is 0. The van der Waals surface area contributed by atoms with Gasteiger partial charge in [0.15, 0.2) is 0 Å². The van der Waals surface area contributed by atoms with Gasteiger partial charge in [-0.3, -0.25) is 4.98 Å². The van der Waals surface area contributed by atoms with E-state index >= 15 is 0 Å². The van der Waals surface area contributed by atoms with Crippen molar-refractivity contribution in [3.63, 3.8) is 0 Å². The van der Waals surface area contributed by atoms with E-state index < -0.39 is 0 Å². The number of nitrogens with one attached hydrogen (secondary N) is 1. The molecule has 0 spiro atoms. The molecule has 0 aliphatic rings. The van der Waals surface area contributed by atoms with Gasteiger partial charge in [-0.2, -0.15) is 0 Å². The van der Waals surface area contributed by atoms with Crippen molar-refractivity contribution in [2.24, 2.45) is 0 Å². The molecule has 0 bridgehead atoms. The van der Waals surface area contributed by atoms with Gasteiger partial charge >= 0.3 is 0 Å². The van der Waals surface area contributed by atoms with Gasteiger partial charge in [-0.15, -0.1) is 0 Å². The minimum absolute atomic E-state index is 0.145. The molecule has 0 aliphatic carbocycles. The Balaban J connectivity index is 2.45. The lowest BCUT2D eigenvalue weighted by Crippen LogP contribution is -2.23. The van der Waals surface area contributed by atoms with Crippen LogP contribution < -0.4 is 11.1 Å². The molecule has 100 valence electrons. The van der Waals surface area contributed by atoms with Crippen molar-refractivity contribution in [2.75, 3.05) is 12.3 Å². The number of anilines is 1. The molecule has 0 saturated carbocycles. The van der Waals surface area contributed by atoms with Gasteiger partial charge in [0, 0.05) is 23.6 Å². The zero-order valence-electron chi connectivity index (χ0n) is 11.2. The van der Waals surface area contributed by atoms with Crippen LogP contribution in [0.4, 0.5) is 10.1 Å². The molecular formula is C15H18FN3. The number of halogens is 1. The Bertz CT molecular complexity index is 569. The van der Waals surface area contributed by atoms with Crippen LogP contribution in [0.5, 0.6) is 0 Å². The Morgan fingerprint density at radius 3 is 2.79 bits per heavy atom. The highest BCUT2D eigenvalue weighted by Gasteiger charge is 2.16. The molecular weight excluding hydrogens is 241 g/mol. The van der Waals surface area contributed by atoms with Crippen molar-refractivity contribution in [3.8, 4) is 0 Å². The second kappa shape index (κ2) is 5.80. The van der Waals surface area contributed by atoms with Crippen LogP contribution in [0.15, 0.2) is 36.7 Å². The van der Waals surface area contributed by atoms with E-state index in [2.05, 4.69) is 10.3 Å². The molecule has 1 aromatic heterocycles. The maximum atomic E-state index is 13.7. The SMILES string of the molecule is CCNC(c1ccc(C)c(F)c1)c1cnccc1N. The van der Waals surface area contributed by atoms with Crippen molar-refractivity contribution in [1.82, 2.24) is 10.3 Å². The third kappa shape index (κ3) is 2.90. The Hall–Kier alpha value is -1.94. The van der Waals surface area contributed by atoms with Gasteiger partial charge in [0.1, 0.15) is 5.82 Å². The fraction of sp³-hybridized carbons (Fsp3) is 0.267. The summed E-state index contributed by atoms with van der Waals surface area (Å²) in [5, 5.41) is 3.32. The first-order chi connectivity index (χ1) is 9.13. The summed E-state index contributed by atoms with van der Waals surface area (Å²) in [5.41, 5.74) is 8.99. The Kier molecular flexibility index (Phi) is 4.12. The maximum Gasteiger partial charge on any atom is 0.126 e. The summed E-state index contributed by atoms with van der Waals surface area (Å²) in [6.07, 6.45) is 3.37. The molecule has 0 aliphatic heterocycles. The lowest BCUT2D eigenvalue weighted by Gasteiger charge is -2.20. The third-order valence-electron chi connectivity index (χ3n) is 3.14. The van der Waals surface area contributed by atoms with Crippen LogP contribution in [0.3, 0.4) is 0 Å². The minimum Gasteiger partial charge on any atom is -0.398 e. The van der Waals surface area contributed by atoms with Crippen molar-refractivity contribution in [3.05, 3.63) is 59.2 Å². The number of nitrogens with two attached hydrogens (primary N) is 1. The molecule has 2 aromatic rings. The van der Waals surface area contributed by atoms with E-state index in [1.807, 2.05) is 13.0 Å². The molecule has 2 rings (SSSR count). The molecule has 3 N–H and O–H groups in total. The van der Waals surface area contributed by atoms with Crippen LogP contribution in [0.1, 0.15) is 29.7 Å². The zero-order valence-corrected chi connectivity index (χ0v) is 11.2. The fourth-order valence-corrected chi connectivity index (χ4v) is 2.06. The normalized spacial score (nSPS) is 12.4. The van der Waals surface area contributed by atoms with Crippen molar-refractivity contribution in [1.29, 1.82) is 0 Å². The van der Waals surface area contributed by atoms with E-state index in [-0.39, 0.29) is 11.9 Å². The van der Waals surface area contributed by atoms with Crippen LogP contribution in [-0.4, -0.2) is 11.5 Å². The summed E-state index contributed by atoms with van der Waals surface area (Å²) >= 11 is 0. The third-order valence-corrected chi connectivity index (χ3v) is 3.14. The number of nitrogens with zero attached hydrogens (tertiary/aromatic N) is 1. The summed E-state index contributed by atoms with van der Waals surface area (Å²) in [5.74, 6) is -0.206. The van der Waals surface area contributed by atoms with Gasteiger partial charge in [-0.05, 0) is 36.7 Å². The molecule has 0 amide bonds. The first kappa shape index (κ1) is 13.5. The average Bonchev–Trinajstić information content (AvgIpc) is 2.40. The average molecular weight is 259 g/mol. The number of benzene rings is 1. The molecule has 3 nitrogen and oxygen atoms in total. The number of hydrogen-bond donors (Lipinski definition) is 2. The summed E-state index contributed by atoms with van der Waals surface area (Å²) in [6, 6.07) is 6.85. The fourth-order valence-electron chi connectivity index (χ4n) is 2.06. The zero-order chi connectivity index (χ0) is 13.8. The van der Waals surface area contributed by atoms with Crippen molar-refractivity contribution < 1.29 is 4.39 Å². The number of rotatable bonds is 4. The van der Waals surface area contributed by atoms with Gasteiger partial charge in [0.2, 0.25) is 0 Å². The summed E-state index contributed by atoms with van der Waals surface area (Å²) in [6.45, 7) is 4.51. The maximum absolute atomic E-state index is 13.7. The van der Waals surface area contributed by atoms with Gasteiger partial charge in [0.05, 0.1) is 6.04 Å². The first-order valence-electron chi connectivity index (χ1n) is 6.32. The number of aryl methyl sites for hydroxylation is 1. The van der Waals surface area contributed by atoms with Gasteiger partial charge < -0.3 is 11.1 Å². The minimum atomic E-state index is -0.206. The second-order valence-electron chi connectivity index (χ2n) is 4.50. The van der Waals surface area contributed by atoms with Crippen LogP contribution in [0.2, 0.25) is 0 Å². The molecule has 1 unspecified atom stereocenters. The van der Waals surface area contributed by atoms with Crippen molar-refractivity contribution in [2.45, 2.75) is 19.9 Å². The topological polar surface area (TPSA) is 50.9 Å². The van der Waals surface area contributed by atoms with Gasteiger partial charge in [-0.1, -0.05) is 19.1 Å². The molecule has 19 heavy (non-hydrogen) atoms. The van der Waals surface area contributed by atoms with Crippen LogP contribution in [0.25, 0.3) is 0 Å². The Labute approximate surface area is 112 Å². The predicted molar refractivity (Wildman–Crippen MR) is 75.3 cm³/mol. The Morgan fingerprint density at radius 1 is 1.37 bits per heavy atom. The molecule has 1 aromatic carbocycles. The highest BCUT2D eigenvalue weighted by atomic mass is 19.1. The summed E-state index contributed by atoms with van der Waals surface area (Å²) in [4.78, 5) is 4.10. The van der Waals surface area contributed by atoms with E-state index in [0.29, 0.717) is 11.3 Å². The van der Waals surface area contributed by atoms with Crippen LogP contribution in [0, 0.1) is 12.7 Å². The van der Waals surface area contributed by atoms with Gasteiger partial charge in [-0.25, -0.2) is 4.39 Å². The molecule has 0 saturated heterocycles. The van der Waals surface area contributed by atoms with Crippen molar-refractivity contribution >= 4 is 5.69 Å². The smallest absolute Gasteiger partial charge is 0.126 e. The molecule has 0 radical (unpaired) electrons.